The first kappa shape index (κ1) is 36.8. The van der Waals surface area contributed by atoms with Gasteiger partial charge in [0, 0.05) is 22.2 Å². The summed E-state index contributed by atoms with van der Waals surface area (Å²) in [6.45, 7) is 1.14. The number of fused-ring (bicyclic) bond motifs is 1. The van der Waals surface area contributed by atoms with Crippen LogP contribution in [-0.2, 0) is 30.0 Å². The average molecular weight is 807 g/mol. The quantitative estimate of drug-likeness (QED) is 0.0264. The maximum absolute atomic E-state index is 15.1. The van der Waals surface area contributed by atoms with Crippen LogP contribution in [0.4, 0.5) is 5.69 Å². The Labute approximate surface area is 315 Å². The number of hydrogen-bond acceptors (Lipinski definition) is 10. The van der Waals surface area contributed by atoms with Gasteiger partial charge >= 0.3 is 13.3 Å². The number of nitrogens with zero attached hydrogens (tertiary/aromatic N) is 3. The number of carbonyl (C=O) groups is 2. The summed E-state index contributed by atoms with van der Waals surface area (Å²) in [6.07, 6.45) is 0. The van der Waals surface area contributed by atoms with E-state index in [0.717, 1.165) is 0 Å². The number of ether oxygens (including phenoxy) is 2. The predicted octanol–water partition coefficient (Wildman–Crippen LogP) is 8.19. The van der Waals surface area contributed by atoms with Crippen molar-refractivity contribution in [2.45, 2.75) is 24.9 Å². The molecule has 4 aromatic rings. The van der Waals surface area contributed by atoms with Crippen molar-refractivity contribution in [2.24, 2.45) is 4.99 Å². The summed E-state index contributed by atoms with van der Waals surface area (Å²) in [5, 5.41) is 11.5. The third-order valence-corrected chi connectivity index (χ3v) is 12.8. The third-order valence-electron chi connectivity index (χ3n) is 7.66. The average Bonchev–Trinajstić information content (AvgIpc) is 3.48. The second kappa shape index (κ2) is 15.3. The molecule has 1 fully saturated rings. The third kappa shape index (κ3) is 7.77. The van der Waals surface area contributed by atoms with Crippen molar-refractivity contribution in [3.8, 4) is 5.75 Å². The number of aliphatic imine (C=N–C) groups is 1. The van der Waals surface area contributed by atoms with Crippen molar-refractivity contribution < 1.29 is 33.1 Å². The molecule has 0 aliphatic carbocycles. The fourth-order valence-electron chi connectivity index (χ4n) is 5.23. The van der Waals surface area contributed by atoms with Crippen molar-refractivity contribution in [1.82, 2.24) is 4.90 Å². The summed E-state index contributed by atoms with van der Waals surface area (Å²) in [4.78, 5) is 43.8. The molecule has 0 spiro atoms. The lowest BCUT2D eigenvalue weighted by Crippen LogP contribution is -2.61. The van der Waals surface area contributed by atoms with Crippen LogP contribution < -0.4 is 15.3 Å². The zero-order valence-corrected chi connectivity index (χ0v) is 30.9. The Kier molecular flexibility index (Phi) is 11.0. The molecule has 6 rings (SSSR count). The van der Waals surface area contributed by atoms with E-state index < -0.39 is 35.6 Å². The molecule has 0 bridgehead atoms. The van der Waals surface area contributed by atoms with E-state index >= 15 is 4.57 Å². The smallest absolute Gasteiger partial charge is 0.358 e. The molecule has 2 atom stereocenters. The Morgan fingerprint density at radius 3 is 2.10 bits per heavy atom. The summed E-state index contributed by atoms with van der Waals surface area (Å²) < 4.78 is 32.8. The number of nitro benzene ring substituents is 1. The number of hydrogen-bond donors (Lipinski definition) is 0. The first-order valence-corrected chi connectivity index (χ1v) is 18.9. The van der Waals surface area contributed by atoms with Crippen molar-refractivity contribution in [2.75, 3.05) is 6.61 Å². The lowest BCUT2D eigenvalue weighted by molar-refractivity contribution is -0.384. The lowest BCUT2D eigenvalue weighted by atomic mass is 10.1. The molecule has 17 heteroatoms. The summed E-state index contributed by atoms with van der Waals surface area (Å²) in [5.74, 6) is -1.16. The van der Waals surface area contributed by atoms with Crippen LogP contribution in [0, 0.1) is 10.1 Å². The van der Waals surface area contributed by atoms with E-state index in [1.165, 1.54) is 84.2 Å². The van der Waals surface area contributed by atoms with E-state index in [1.807, 2.05) is 18.2 Å². The molecule has 0 saturated carbocycles. The van der Waals surface area contributed by atoms with E-state index in [-0.39, 0.29) is 61.1 Å². The first-order valence-electron chi connectivity index (χ1n) is 14.9. The Morgan fingerprint density at radius 2 is 1.53 bits per heavy atom. The molecule has 1 amide bonds. The SMILES string of the molecule is CC(OP(=O)(c1ccc(Cl)cc1Cl)c1ccc(Cl)cc1Cl)=C(C(=O)OCc1ccc([N+](=O)[O-])cc1)N1C(=O)C2N=C(COc3ccccc3)SC21. The molecule has 51 heavy (non-hydrogen) atoms. The normalized spacial score (nSPS) is 17.2. The number of rotatable bonds is 12. The molecule has 1 saturated heterocycles. The monoisotopic (exact) mass is 805 g/mol. The highest BCUT2D eigenvalue weighted by atomic mass is 35.5. The predicted molar refractivity (Wildman–Crippen MR) is 198 cm³/mol. The van der Waals surface area contributed by atoms with Crippen LogP contribution in [-0.4, -0.2) is 44.8 Å². The first-order chi connectivity index (χ1) is 24.4. The van der Waals surface area contributed by atoms with E-state index in [9.17, 15) is 19.7 Å². The molecular weight excluding hydrogens is 783 g/mol. The molecule has 2 unspecified atom stereocenters. The van der Waals surface area contributed by atoms with Gasteiger partial charge in [-0.15, -0.1) is 0 Å². The molecule has 0 aromatic heterocycles. The fourth-order valence-corrected chi connectivity index (χ4v) is 10.1. The Morgan fingerprint density at radius 1 is 0.922 bits per heavy atom. The van der Waals surface area contributed by atoms with Crippen molar-refractivity contribution in [3.63, 3.8) is 0 Å². The number of benzene rings is 4. The second-order valence-electron chi connectivity index (χ2n) is 11.0. The fraction of sp³-hybridized carbons (Fsp3) is 0.147. The molecule has 11 nitrogen and oxygen atoms in total. The Hall–Kier alpha value is -4.03. The maximum Gasteiger partial charge on any atom is 0.358 e. The van der Waals surface area contributed by atoms with Gasteiger partial charge in [-0.25, -0.2) is 4.79 Å². The van der Waals surface area contributed by atoms with Gasteiger partial charge in [0.05, 0.1) is 25.6 Å². The molecule has 0 N–H and O–H groups in total. The van der Waals surface area contributed by atoms with Crippen LogP contribution in [0.25, 0.3) is 0 Å². The van der Waals surface area contributed by atoms with Crippen LogP contribution in [0.15, 0.2) is 107 Å². The van der Waals surface area contributed by atoms with Gasteiger partial charge in [-0.05, 0) is 73.2 Å². The number of thioether (sulfide) groups is 1. The minimum atomic E-state index is -4.32. The van der Waals surface area contributed by atoms with E-state index in [0.29, 0.717) is 16.4 Å². The topological polar surface area (TPSA) is 138 Å². The molecular formula is C34H24Cl4N3O8PS. The number of β-lactam (4-membered cyclic amide) rings is 1. The van der Waals surface area contributed by atoms with Gasteiger partial charge in [-0.3, -0.25) is 29.4 Å². The molecule has 2 aliphatic heterocycles. The zero-order chi connectivity index (χ0) is 36.4. The number of allylic oxidation sites excluding steroid dienone is 1. The van der Waals surface area contributed by atoms with Crippen molar-refractivity contribution in [1.29, 1.82) is 0 Å². The van der Waals surface area contributed by atoms with Gasteiger partial charge in [0.2, 0.25) is 0 Å². The number of amides is 1. The summed E-state index contributed by atoms with van der Waals surface area (Å²) in [7, 11) is -4.32. The summed E-state index contributed by atoms with van der Waals surface area (Å²) >= 11 is 26.6. The second-order valence-corrected chi connectivity index (χ2v) is 16.2. The van der Waals surface area contributed by atoms with Crippen LogP contribution in [0.2, 0.25) is 20.1 Å². The lowest BCUT2D eigenvalue weighted by Gasteiger charge is -2.41. The van der Waals surface area contributed by atoms with Gasteiger partial charge < -0.3 is 14.0 Å². The largest absolute Gasteiger partial charge is 0.487 e. The van der Waals surface area contributed by atoms with Gasteiger partial charge in [-0.1, -0.05) is 76.4 Å². The summed E-state index contributed by atoms with van der Waals surface area (Å²) in [5.41, 5.74) is -0.0495. The van der Waals surface area contributed by atoms with Crippen molar-refractivity contribution in [3.05, 3.63) is 138 Å². The Balaban J connectivity index is 1.36. The number of para-hydroxylation sites is 1. The number of nitro groups is 1. The van der Waals surface area contributed by atoms with E-state index in [4.69, 9.17) is 60.4 Å². The minimum Gasteiger partial charge on any atom is -0.487 e. The highest BCUT2D eigenvalue weighted by molar-refractivity contribution is 8.15. The van der Waals surface area contributed by atoms with Gasteiger partial charge in [0.15, 0.2) is 11.7 Å². The van der Waals surface area contributed by atoms with E-state index in [1.54, 1.807) is 12.1 Å². The van der Waals surface area contributed by atoms with E-state index in [2.05, 4.69) is 4.99 Å². The molecule has 4 aromatic carbocycles. The number of likely N-dealkylation sites (tertiary alicyclic amines) is 1. The number of non-ortho nitro benzene ring substituents is 1. The van der Waals surface area contributed by atoms with Crippen LogP contribution in [0.5, 0.6) is 5.75 Å². The Bertz CT molecular complexity index is 2100. The molecule has 2 heterocycles. The standard InChI is InChI=1S/C34H24Cl4N3O8PS/c1-19(49-50(46,27-13-9-21(35)15-25(27)37)28-14-10-22(36)16-26(28)38)31(34(43)48-17-20-7-11-23(12-8-20)41(44)45)40-32(42)30-33(40)51-29(39-30)18-47-24-5-3-2-4-6-24/h2-16,30,33H,17-18H2,1H3. The van der Waals surface area contributed by atoms with Gasteiger partial charge in [0.25, 0.3) is 11.6 Å². The molecule has 262 valence electrons. The summed E-state index contributed by atoms with van der Waals surface area (Å²) in [6, 6.07) is 22.2. The van der Waals surface area contributed by atoms with Crippen molar-refractivity contribution >= 4 is 98.8 Å². The maximum atomic E-state index is 15.1. The van der Waals surface area contributed by atoms with Crippen LogP contribution in [0.1, 0.15) is 12.5 Å². The van der Waals surface area contributed by atoms with Gasteiger partial charge in [0.1, 0.15) is 35.1 Å². The van der Waals surface area contributed by atoms with Gasteiger partial charge in [-0.2, -0.15) is 0 Å². The number of halogens is 4. The molecule has 0 radical (unpaired) electrons. The highest BCUT2D eigenvalue weighted by Crippen LogP contribution is 2.52. The van der Waals surface area contributed by atoms with Crippen LogP contribution >= 0.6 is 65.5 Å². The molecule has 2 aliphatic rings. The van der Waals surface area contributed by atoms with Crippen LogP contribution in [0.3, 0.4) is 0 Å². The zero-order valence-electron chi connectivity index (χ0n) is 26.2. The minimum absolute atomic E-state index is 0.00477. The highest BCUT2D eigenvalue weighted by Gasteiger charge is 2.56. The number of carbonyl (C=O) groups excluding carboxylic acids is 2. The number of esters is 1.